The van der Waals surface area contributed by atoms with Crippen molar-refractivity contribution in [1.82, 2.24) is 10.2 Å². The van der Waals surface area contributed by atoms with E-state index in [-0.39, 0.29) is 25.0 Å². The number of ether oxygens (including phenoxy) is 2. The van der Waals surface area contributed by atoms with Gasteiger partial charge in [0.15, 0.2) is 6.61 Å². The van der Waals surface area contributed by atoms with Gasteiger partial charge >= 0.3 is 0 Å². The smallest absolute Gasteiger partial charge is 0.261 e. The van der Waals surface area contributed by atoms with Gasteiger partial charge in [0.1, 0.15) is 17.5 Å². The Kier molecular flexibility index (Phi) is 10.6. The molecule has 0 aliphatic heterocycles. The van der Waals surface area contributed by atoms with Gasteiger partial charge in [0.2, 0.25) is 5.91 Å². The monoisotopic (exact) mass is 566 g/mol. The van der Waals surface area contributed by atoms with Crippen LogP contribution in [-0.2, 0) is 22.6 Å². The molecule has 6 nitrogen and oxygen atoms in total. The van der Waals surface area contributed by atoms with Crippen LogP contribution >= 0.6 is 15.9 Å². The minimum Gasteiger partial charge on any atom is -0.497 e. The largest absolute Gasteiger partial charge is 0.497 e. The number of rotatable bonds is 12. The molecule has 1 N–H and O–H groups in total. The second kappa shape index (κ2) is 13.8. The molecule has 0 saturated carbocycles. The van der Waals surface area contributed by atoms with Crippen molar-refractivity contribution in [3.05, 3.63) is 93.5 Å². The van der Waals surface area contributed by atoms with Crippen molar-refractivity contribution in [2.75, 3.05) is 20.3 Å². The molecular formula is C30H35BrN2O4. The highest BCUT2D eigenvalue weighted by molar-refractivity contribution is 9.10. The van der Waals surface area contributed by atoms with Gasteiger partial charge in [-0.05, 0) is 66.8 Å². The number of hydrogen-bond donors (Lipinski definition) is 1. The van der Waals surface area contributed by atoms with Gasteiger partial charge in [-0.2, -0.15) is 0 Å². The van der Waals surface area contributed by atoms with Crippen molar-refractivity contribution < 1.29 is 19.1 Å². The molecule has 0 unspecified atom stereocenters. The molecule has 0 heterocycles. The van der Waals surface area contributed by atoms with Crippen molar-refractivity contribution >= 4 is 27.7 Å². The van der Waals surface area contributed by atoms with Crippen molar-refractivity contribution in [3.8, 4) is 11.5 Å². The molecule has 0 aliphatic rings. The lowest BCUT2D eigenvalue weighted by Crippen LogP contribution is -2.51. The molecule has 0 aliphatic carbocycles. The maximum absolute atomic E-state index is 13.7. The zero-order chi connectivity index (χ0) is 26.8. The van der Waals surface area contributed by atoms with Gasteiger partial charge in [-0.15, -0.1) is 0 Å². The van der Waals surface area contributed by atoms with E-state index in [2.05, 4.69) is 21.2 Å². The Bertz CT molecular complexity index is 1180. The summed E-state index contributed by atoms with van der Waals surface area (Å²) in [5, 5.41) is 2.99. The van der Waals surface area contributed by atoms with E-state index in [9.17, 15) is 9.59 Å². The molecular weight excluding hydrogens is 532 g/mol. The summed E-state index contributed by atoms with van der Waals surface area (Å²) in [5.41, 5.74) is 3.89. The molecule has 0 radical (unpaired) electrons. The SMILES string of the molecule is CCCNC(=O)[C@H](Cc1ccccc1)N(Cc1cccc(OC)c1)C(=O)COc1cc(C)c(Br)c(C)c1. The third-order valence-electron chi connectivity index (χ3n) is 6.08. The van der Waals surface area contributed by atoms with Gasteiger partial charge in [-0.25, -0.2) is 0 Å². The Hall–Kier alpha value is -3.32. The lowest BCUT2D eigenvalue weighted by Gasteiger charge is -2.31. The standard InChI is InChI=1S/C30H35BrN2O4/c1-5-14-32-30(35)27(18-23-10-7-6-8-11-23)33(19-24-12-9-13-25(17-24)36-4)28(34)20-37-26-15-21(2)29(31)22(3)16-26/h6-13,15-17,27H,5,14,18-20H2,1-4H3,(H,32,35)/t27-/m0/s1. The van der Waals surface area contributed by atoms with Crippen LogP contribution in [-0.4, -0.2) is 43.0 Å². The number of carbonyl (C=O) groups excluding carboxylic acids is 2. The average molecular weight is 568 g/mol. The highest BCUT2D eigenvalue weighted by atomic mass is 79.9. The molecule has 3 aromatic carbocycles. The Balaban J connectivity index is 1.92. The van der Waals surface area contributed by atoms with Crippen LogP contribution in [0.25, 0.3) is 0 Å². The van der Waals surface area contributed by atoms with Crippen molar-refractivity contribution in [2.24, 2.45) is 0 Å². The number of halogens is 1. The molecule has 0 bridgehead atoms. The zero-order valence-electron chi connectivity index (χ0n) is 21.9. The quantitative estimate of drug-likeness (QED) is 0.309. The van der Waals surface area contributed by atoms with Crippen molar-refractivity contribution in [1.29, 1.82) is 0 Å². The minimum absolute atomic E-state index is 0.183. The zero-order valence-corrected chi connectivity index (χ0v) is 23.5. The fraction of sp³-hybridized carbons (Fsp3) is 0.333. The van der Waals surface area contributed by atoms with E-state index < -0.39 is 6.04 Å². The molecule has 1 atom stereocenters. The first-order valence-electron chi connectivity index (χ1n) is 12.5. The van der Waals surface area contributed by atoms with Crippen LogP contribution < -0.4 is 14.8 Å². The third-order valence-corrected chi connectivity index (χ3v) is 7.33. The number of hydrogen-bond acceptors (Lipinski definition) is 4. The van der Waals surface area contributed by atoms with E-state index in [1.165, 1.54) is 0 Å². The fourth-order valence-electron chi connectivity index (χ4n) is 4.10. The third kappa shape index (κ3) is 8.09. The second-order valence-corrected chi connectivity index (χ2v) is 9.82. The van der Waals surface area contributed by atoms with E-state index in [4.69, 9.17) is 9.47 Å². The van der Waals surface area contributed by atoms with Gasteiger partial charge in [0.25, 0.3) is 5.91 Å². The molecule has 2 amide bonds. The number of methoxy groups -OCH3 is 1. The minimum atomic E-state index is -0.704. The number of amides is 2. The highest BCUT2D eigenvalue weighted by Crippen LogP contribution is 2.26. The second-order valence-electron chi connectivity index (χ2n) is 9.03. The molecule has 196 valence electrons. The van der Waals surface area contributed by atoms with E-state index in [1.54, 1.807) is 12.0 Å². The van der Waals surface area contributed by atoms with Gasteiger partial charge in [0, 0.05) is 24.0 Å². The maximum atomic E-state index is 13.7. The van der Waals surface area contributed by atoms with Gasteiger partial charge in [-0.3, -0.25) is 9.59 Å². The first-order chi connectivity index (χ1) is 17.8. The fourth-order valence-corrected chi connectivity index (χ4v) is 4.33. The molecule has 3 aromatic rings. The summed E-state index contributed by atoms with van der Waals surface area (Å²) in [4.78, 5) is 28.7. The molecule has 37 heavy (non-hydrogen) atoms. The Labute approximate surface area is 228 Å². The molecule has 3 rings (SSSR count). The van der Waals surface area contributed by atoms with Gasteiger partial charge < -0.3 is 19.7 Å². The van der Waals surface area contributed by atoms with Crippen LogP contribution in [0.5, 0.6) is 11.5 Å². The lowest BCUT2D eigenvalue weighted by atomic mass is 10.0. The van der Waals surface area contributed by atoms with Crippen molar-refractivity contribution in [2.45, 2.75) is 46.2 Å². The summed E-state index contributed by atoms with van der Waals surface area (Å²) < 4.78 is 12.3. The number of nitrogens with one attached hydrogen (secondary N) is 1. The molecule has 0 saturated heterocycles. The van der Waals surface area contributed by atoms with Crippen molar-refractivity contribution in [3.63, 3.8) is 0 Å². The Morgan fingerprint density at radius 3 is 2.27 bits per heavy atom. The van der Waals surface area contributed by atoms with Gasteiger partial charge in [-0.1, -0.05) is 65.3 Å². The van der Waals surface area contributed by atoms with E-state index >= 15 is 0 Å². The number of nitrogens with zero attached hydrogens (tertiary/aromatic N) is 1. The summed E-state index contributed by atoms with van der Waals surface area (Å²) >= 11 is 3.57. The average Bonchev–Trinajstić information content (AvgIpc) is 2.91. The summed E-state index contributed by atoms with van der Waals surface area (Å²) in [6, 6.07) is 20.4. The Morgan fingerprint density at radius 1 is 0.946 bits per heavy atom. The summed E-state index contributed by atoms with van der Waals surface area (Å²) in [6.07, 6.45) is 1.20. The lowest BCUT2D eigenvalue weighted by molar-refractivity contribution is -0.142. The first-order valence-corrected chi connectivity index (χ1v) is 13.2. The molecule has 0 spiro atoms. The number of aryl methyl sites for hydroxylation is 2. The van der Waals surface area contributed by atoms with E-state index in [0.29, 0.717) is 24.5 Å². The van der Waals surface area contributed by atoms with E-state index in [0.717, 1.165) is 33.1 Å². The molecule has 7 heteroatoms. The molecule has 0 fully saturated rings. The summed E-state index contributed by atoms with van der Waals surface area (Å²) in [6.45, 7) is 6.57. The van der Waals surface area contributed by atoms with Crippen LogP contribution in [0.3, 0.4) is 0 Å². The predicted molar refractivity (Wildman–Crippen MR) is 150 cm³/mol. The van der Waals surface area contributed by atoms with Crippen LogP contribution in [0.2, 0.25) is 0 Å². The summed E-state index contributed by atoms with van der Waals surface area (Å²) in [7, 11) is 1.61. The van der Waals surface area contributed by atoms with Crippen LogP contribution in [0.15, 0.2) is 71.2 Å². The summed E-state index contributed by atoms with van der Waals surface area (Å²) in [5.74, 6) is 0.853. The predicted octanol–water partition coefficient (Wildman–Crippen LogP) is 5.62. The topological polar surface area (TPSA) is 67.9 Å². The number of benzene rings is 3. The van der Waals surface area contributed by atoms with Gasteiger partial charge in [0.05, 0.1) is 7.11 Å². The molecule has 0 aromatic heterocycles. The first kappa shape index (κ1) is 28.3. The van der Waals surface area contributed by atoms with Crippen LogP contribution in [0.4, 0.5) is 0 Å². The number of carbonyl (C=O) groups is 2. The van der Waals surface area contributed by atoms with E-state index in [1.807, 2.05) is 87.5 Å². The Morgan fingerprint density at radius 2 is 1.62 bits per heavy atom. The highest BCUT2D eigenvalue weighted by Gasteiger charge is 2.30. The maximum Gasteiger partial charge on any atom is 0.261 e. The van der Waals surface area contributed by atoms with Crippen LogP contribution in [0.1, 0.15) is 35.6 Å². The normalized spacial score (nSPS) is 11.5. The van der Waals surface area contributed by atoms with Crippen LogP contribution in [0, 0.1) is 13.8 Å².